The number of sulfonamides is 1. The first-order chi connectivity index (χ1) is 17.0. The summed E-state index contributed by atoms with van der Waals surface area (Å²) < 4.78 is 28.7. The maximum Gasteiger partial charge on any atom is 0.262 e. The third kappa shape index (κ3) is 5.18. The Balaban J connectivity index is 1.22. The zero-order valence-electron chi connectivity index (χ0n) is 19.2. The standard InChI is InChI=1S/C27H26N4O3S/c32-27(31-17-15-30(16-18-31)20-21-5-4-14-28-19-21)23-10-12-24(13-11-23)29-35(33,34)26-9-3-7-22-6-1-2-8-25(22)26/h1-14,19,29H,15-18,20H2. The van der Waals surface area contributed by atoms with Crippen molar-refractivity contribution in [3.8, 4) is 0 Å². The smallest absolute Gasteiger partial charge is 0.262 e. The number of fused-ring (bicyclic) bond motifs is 1. The van der Waals surface area contributed by atoms with Gasteiger partial charge in [-0.05, 0) is 47.3 Å². The van der Waals surface area contributed by atoms with Gasteiger partial charge in [-0.1, -0.05) is 42.5 Å². The molecule has 1 aromatic heterocycles. The number of rotatable bonds is 6. The maximum absolute atomic E-state index is 13.0. The topological polar surface area (TPSA) is 82.6 Å². The van der Waals surface area contributed by atoms with E-state index in [0.29, 0.717) is 29.7 Å². The van der Waals surface area contributed by atoms with E-state index in [0.717, 1.165) is 30.6 Å². The summed E-state index contributed by atoms with van der Waals surface area (Å²) in [5.41, 5.74) is 2.11. The first kappa shape index (κ1) is 23.0. The van der Waals surface area contributed by atoms with Crippen LogP contribution in [-0.4, -0.2) is 55.3 Å². The van der Waals surface area contributed by atoms with E-state index in [2.05, 4.69) is 20.7 Å². The Hall–Kier alpha value is -3.75. The predicted octanol–water partition coefficient (Wildman–Crippen LogP) is 3.99. The summed E-state index contributed by atoms with van der Waals surface area (Å²) in [4.78, 5) is 21.5. The molecule has 3 aromatic carbocycles. The van der Waals surface area contributed by atoms with Gasteiger partial charge in [-0.25, -0.2) is 8.42 Å². The van der Waals surface area contributed by atoms with Crippen LogP contribution in [0.5, 0.6) is 0 Å². The quantitative estimate of drug-likeness (QED) is 0.446. The number of nitrogens with one attached hydrogen (secondary N) is 1. The van der Waals surface area contributed by atoms with Crippen LogP contribution in [0.4, 0.5) is 5.69 Å². The zero-order chi connectivity index (χ0) is 24.3. The van der Waals surface area contributed by atoms with E-state index in [1.54, 1.807) is 48.7 Å². The molecule has 35 heavy (non-hydrogen) atoms. The molecule has 5 rings (SSSR count). The Kier molecular flexibility index (Phi) is 6.48. The maximum atomic E-state index is 13.0. The molecule has 0 radical (unpaired) electrons. The molecule has 8 heteroatoms. The zero-order valence-corrected chi connectivity index (χ0v) is 20.0. The summed E-state index contributed by atoms with van der Waals surface area (Å²) in [6, 6.07) is 23.2. The van der Waals surface area contributed by atoms with Gasteiger partial charge in [-0.3, -0.25) is 19.4 Å². The number of piperazine rings is 1. The second kappa shape index (κ2) is 9.85. The van der Waals surface area contributed by atoms with Gasteiger partial charge in [0.15, 0.2) is 0 Å². The van der Waals surface area contributed by atoms with Crippen LogP contribution in [0.1, 0.15) is 15.9 Å². The number of aromatic nitrogens is 1. The van der Waals surface area contributed by atoms with Crippen molar-refractivity contribution in [3.05, 3.63) is 102 Å². The average Bonchev–Trinajstić information content (AvgIpc) is 2.89. The highest BCUT2D eigenvalue weighted by Crippen LogP contribution is 2.25. The summed E-state index contributed by atoms with van der Waals surface area (Å²) in [5.74, 6) is -0.0468. The Morgan fingerprint density at radius 2 is 1.60 bits per heavy atom. The van der Waals surface area contributed by atoms with Crippen LogP contribution < -0.4 is 4.72 Å². The number of hydrogen-bond acceptors (Lipinski definition) is 5. The van der Waals surface area contributed by atoms with E-state index in [1.165, 1.54) is 0 Å². The van der Waals surface area contributed by atoms with Crippen molar-refractivity contribution in [1.29, 1.82) is 0 Å². The minimum Gasteiger partial charge on any atom is -0.336 e. The van der Waals surface area contributed by atoms with Crippen molar-refractivity contribution >= 4 is 32.4 Å². The van der Waals surface area contributed by atoms with Crippen LogP contribution in [-0.2, 0) is 16.6 Å². The minimum atomic E-state index is -3.78. The Morgan fingerprint density at radius 3 is 2.34 bits per heavy atom. The number of carbonyl (C=O) groups excluding carboxylic acids is 1. The third-order valence-corrected chi connectivity index (χ3v) is 7.65. The third-order valence-electron chi connectivity index (χ3n) is 6.21. The largest absolute Gasteiger partial charge is 0.336 e. The van der Waals surface area contributed by atoms with E-state index < -0.39 is 10.0 Å². The van der Waals surface area contributed by atoms with Gasteiger partial charge < -0.3 is 4.90 Å². The number of pyridine rings is 1. The molecule has 0 saturated carbocycles. The van der Waals surface area contributed by atoms with E-state index >= 15 is 0 Å². The second-order valence-electron chi connectivity index (χ2n) is 8.59. The van der Waals surface area contributed by atoms with Gasteiger partial charge in [-0.15, -0.1) is 0 Å². The van der Waals surface area contributed by atoms with Gasteiger partial charge in [0.2, 0.25) is 0 Å². The molecule has 1 saturated heterocycles. The van der Waals surface area contributed by atoms with Crippen LogP contribution in [0.25, 0.3) is 10.8 Å². The van der Waals surface area contributed by atoms with Crippen molar-refractivity contribution < 1.29 is 13.2 Å². The normalized spacial score (nSPS) is 14.7. The molecule has 0 spiro atoms. The van der Waals surface area contributed by atoms with Crippen LogP contribution >= 0.6 is 0 Å². The van der Waals surface area contributed by atoms with E-state index in [4.69, 9.17) is 0 Å². The molecule has 4 aromatic rings. The Bertz CT molecular complexity index is 1430. The molecule has 1 aliphatic rings. The van der Waals surface area contributed by atoms with Crippen LogP contribution in [0.3, 0.4) is 0 Å². The van der Waals surface area contributed by atoms with Crippen LogP contribution in [0.2, 0.25) is 0 Å². The molecule has 0 bridgehead atoms. The molecule has 1 N–H and O–H groups in total. The predicted molar refractivity (Wildman–Crippen MR) is 137 cm³/mol. The highest BCUT2D eigenvalue weighted by Gasteiger charge is 2.23. The summed E-state index contributed by atoms with van der Waals surface area (Å²) in [5, 5.41) is 1.52. The molecule has 0 atom stereocenters. The van der Waals surface area contributed by atoms with Gasteiger partial charge in [0.05, 0.1) is 4.90 Å². The summed E-state index contributed by atoms with van der Waals surface area (Å²) in [7, 11) is -3.78. The van der Waals surface area contributed by atoms with Crippen molar-refractivity contribution in [2.45, 2.75) is 11.4 Å². The highest BCUT2D eigenvalue weighted by molar-refractivity contribution is 7.93. The fraction of sp³-hybridized carbons (Fsp3) is 0.185. The molecule has 1 amide bonds. The first-order valence-electron chi connectivity index (χ1n) is 11.5. The Labute approximate surface area is 205 Å². The van der Waals surface area contributed by atoms with Crippen molar-refractivity contribution in [2.24, 2.45) is 0 Å². The molecular weight excluding hydrogens is 460 g/mol. The van der Waals surface area contributed by atoms with E-state index in [1.807, 2.05) is 41.4 Å². The fourth-order valence-electron chi connectivity index (χ4n) is 4.36. The van der Waals surface area contributed by atoms with Crippen molar-refractivity contribution in [3.63, 3.8) is 0 Å². The number of benzene rings is 3. The average molecular weight is 487 g/mol. The highest BCUT2D eigenvalue weighted by atomic mass is 32.2. The number of carbonyl (C=O) groups is 1. The van der Waals surface area contributed by atoms with E-state index in [9.17, 15) is 13.2 Å². The number of nitrogens with zero attached hydrogens (tertiary/aromatic N) is 3. The van der Waals surface area contributed by atoms with Gasteiger partial charge in [0.25, 0.3) is 15.9 Å². The number of hydrogen-bond donors (Lipinski definition) is 1. The fourth-order valence-corrected chi connectivity index (χ4v) is 5.65. The van der Waals surface area contributed by atoms with Gasteiger partial charge in [0.1, 0.15) is 0 Å². The minimum absolute atomic E-state index is 0.0468. The summed E-state index contributed by atoms with van der Waals surface area (Å²) in [6.07, 6.45) is 3.63. The Morgan fingerprint density at radius 1 is 0.857 bits per heavy atom. The van der Waals surface area contributed by atoms with Crippen molar-refractivity contribution in [1.82, 2.24) is 14.8 Å². The number of anilines is 1. The SMILES string of the molecule is O=C(c1ccc(NS(=O)(=O)c2cccc3ccccc23)cc1)N1CCN(Cc2cccnc2)CC1. The first-order valence-corrected chi connectivity index (χ1v) is 13.0. The molecule has 7 nitrogen and oxygen atoms in total. The van der Waals surface area contributed by atoms with Gasteiger partial charge in [0, 0.05) is 61.8 Å². The van der Waals surface area contributed by atoms with E-state index in [-0.39, 0.29) is 10.8 Å². The van der Waals surface area contributed by atoms with Gasteiger partial charge in [-0.2, -0.15) is 0 Å². The summed E-state index contributed by atoms with van der Waals surface area (Å²) >= 11 is 0. The van der Waals surface area contributed by atoms with Gasteiger partial charge >= 0.3 is 0 Å². The molecule has 0 aliphatic carbocycles. The lowest BCUT2D eigenvalue weighted by atomic mass is 10.1. The lowest BCUT2D eigenvalue weighted by Gasteiger charge is -2.34. The molecular formula is C27H26N4O3S. The molecule has 2 heterocycles. The monoisotopic (exact) mass is 486 g/mol. The lowest BCUT2D eigenvalue weighted by molar-refractivity contribution is 0.0628. The summed E-state index contributed by atoms with van der Waals surface area (Å²) in [6.45, 7) is 3.71. The van der Waals surface area contributed by atoms with Crippen LogP contribution in [0, 0.1) is 0 Å². The molecule has 1 aliphatic heterocycles. The molecule has 1 fully saturated rings. The molecule has 178 valence electrons. The second-order valence-corrected chi connectivity index (χ2v) is 10.2. The van der Waals surface area contributed by atoms with Crippen LogP contribution in [0.15, 0.2) is 96.2 Å². The van der Waals surface area contributed by atoms with Crippen molar-refractivity contribution in [2.75, 3.05) is 30.9 Å². The lowest BCUT2D eigenvalue weighted by Crippen LogP contribution is -2.48. The number of amides is 1. The molecule has 0 unspecified atom stereocenters.